The maximum Gasteiger partial charge on any atom is 0.231 e. The highest BCUT2D eigenvalue weighted by atomic mass is 16.2. The lowest BCUT2D eigenvalue weighted by Crippen LogP contribution is -2.52. The third-order valence-electron chi connectivity index (χ3n) is 4.62. The van der Waals surface area contributed by atoms with Gasteiger partial charge in [0.15, 0.2) is 0 Å². The highest BCUT2D eigenvalue weighted by molar-refractivity contribution is 5.94. The van der Waals surface area contributed by atoms with Gasteiger partial charge in [-0.25, -0.2) is 9.97 Å². The molecule has 0 saturated carbocycles. The zero-order valence-corrected chi connectivity index (χ0v) is 14.6. The van der Waals surface area contributed by atoms with E-state index in [1.165, 1.54) is 5.56 Å². The number of hydrogen-bond donors (Lipinski definition) is 1. The number of nitrogens with zero attached hydrogens (tertiary/aromatic N) is 3. The topological polar surface area (TPSA) is 58.1 Å². The minimum Gasteiger partial charge on any atom is -0.355 e. The molecule has 0 radical (unpaired) electrons. The average Bonchev–Trinajstić information content (AvgIpc) is 2.63. The van der Waals surface area contributed by atoms with Gasteiger partial charge in [0, 0.05) is 30.4 Å². The predicted octanol–water partition coefficient (Wildman–Crippen LogP) is 3.53. The molecule has 1 fully saturated rings. The van der Waals surface area contributed by atoms with Gasteiger partial charge in [-0.15, -0.1) is 0 Å². The van der Waals surface area contributed by atoms with E-state index in [2.05, 4.69) is 20.2 Å². The summed E-state index contributed by atoms with van der Waals surface area (Å²) in [6.45, 7) is 3.37. The lowest BCUT2D eigenvalue weighted by molar-refractivity contribution is -0.120. The van der Waals surface area contributed by atoms with E-state index in [9.17, 15) is 4.79 Å². The van der Waals surface area contributed by atoms with E-state index in [1.807, 2.05) is 67.6 Å². The summed E-state index contributed by atoms with van der Waals surface area (Å²) in [7, 11) is 0. The minimum absolute atomic E-state index is 0.0218. The highest BCUT2D eigenvalue weighted by Gasteiger charge is 2.33. The first-order chi connectivity index (χ1) is 12.7. The Balaban J connectivity index is 1.39. The summed E-state index contributed by atoms with van der Waals surface area (Å²) in [4.78, 5) is 23.2. The van der Waals surface area contributed by atoms with E-state index < -0.39 is 0 Å². The van der Waals surface area contributed by atoms with Crippen LogP contribution in [-0.2, 0) is 4.79 Å². The van der Waals surface area contributed by atoms with Crippen molar-refractivity contribution in [3.8, 4) is 11.3 Å². The van der Waals surface area contributed by atoms with E-state index in [4.69, 9.17) is 0 Å². The molecule has 130 valence electrons. The average molecular weight is 344 g/mol. The second kappa shape index (κ2) is 6.96. The number of amides is 1. The maximum absolute atomic E-state index is 12.4. The number of nitrogens with one attached hydrogen (secondary N) is 1. The molecule has 4 rings (SSSR count). The molecule has 1 aromatic heterocycles. The van der Waals surface area contributed by atoms with Crippen molar-refractivity contribution in [2.75, 3.05) is 23.3 Å². The molecule has 5 nitrogen and oxygen atoms in total. The maximum atomic E-state index is 12.4. The summed E-state index contributed by atoms with van der Waals surface area (Å²) in [6.07, 6.45) is 1.58. The summed E-state index contributed by atoms with van der Waals surface area (Å²) >= 11 is 0. The summed E-state index contributed by atoms with van der Waals surface area (Å²) in [5.41, 5.74) is 3.97. The smallest absolute Gasteiger partial charge is 0.231 e. The Morgan fingerprint density at radius 2 is 1.77 bits per heavy atom. The predicted molar refractivity (Wildman–Crippen MR) is 103 cm³/mol. The largest absolute Gasteiger partial charge is 0.355 e. The van der Waals surface area contributed by atoms with Crippen LogP contribution >= 0.6 is 0 Å². The molecule has 0 bridgehead atoms. The minimum atomic E-state index is -0.0218. The van der Waals surface area contributed by atoms with Gasteiger partial charge in [-0.1, -0.05) is 48.0 Å². The van der Waals surface area contributed by atoms with Crippen molar-refractivity contribution in [2.24, 2.45) is 5.92 Å². The lowest BCUT2D eigenvalue weighted by Gasteiger charge is -2.39. The number of anilines is 2. The van der Waals surface area contributed by atoms with Crippen LogP contribution < -0.4 is 10.2 Å². The molecule has 2 aromatic carbocycles. The van der Waals surface area contributed by atoms with E-state index in [1.54, 1.807) is 6.33 Å². The van der Waals surface area contributed by atoms with Gasteiger partial charge in [-0.2, -0.15) is 0 Å². The monoisotopic (exact) mass is 344 g/mol. The first-order valence-corrected chi connectivity index (χ1v) is 8.69. The summed E-state index contributed by atoms with van der Waals surface area (Å²) in [5, 5.41) is 2.98. The number of rotatable bonds is 4. The van der Waals surface area contributed by atoms with Crippen molar-refractivity contribution < 1.29 is 4.79 Å². The number of hydrogen-bond acceptors (Lipinski definition) is 4. The van der Waals surface area contributed by atoms with Crippen LogP contribution in [0.3, 0.4) is 0 Å². The van der Waals surface area contributed by atoms with E-state index in [0.717, 1.165) is 22.8 Å². The van der Waals surface area contributed by atoms with Gasteiger partial charge in [0.2, 0.25) is 5.91 Å². The fourth-order valence-electron chi connectivity index (χ4n) is 3.00. The van der Waals surface area contributed by atoms with Gasteiger partial charge < -0.3 is 10.2 Å². The van der Waals surface area contributed by atoms with Gasteiger partial charge in [0.1, 0.15) is 12.1 Å². The molecule has 26 heavy (non-hydrogen) atoms. The second-order valence-electron chi connectivity index (χ2n) is 6.58. The Bertz CT molecular complexity index is 903. The van der Waals surface area contributed by atoms with Gasteiger partial charge in [0.25, 0.3) is 0 Å². The van der Waals surface area contributed by atoms with Crippen LogP contribution in [0.2, 0.25) is 0 Å². The molecule has 3 aromatic rings. The van der Waals surface area contributed by atoms with Crippen molar-refractivity contribution in [3.05, 3.63) is 72.6 Å². The van der Waals surface area contributed by atoms with Crippen LogP contribution in [0, 0.1) is 12.8 Å². The Kier molecular flexibility index (Phi) is 4.35. The third-order valence-corrected chi connectivity index (χ3v) is 4.62. The normalized spacial score (nSPS) is 14.0. The van der Waals surface area contributed by atoms with Crippen LogP contribution in [0.1, 0.15) is 5.56 Å². The quantitative estimate of drug-likeness (QED) is 0.787. The lowest BCUT2D eigenvalue weighted by atomic mass is 9.98. The molecule has 1 aliphatic heterocycles. The zero-order valence-electron chi connectivity index (χ0n) is 14.6. The Hall–Kier alpha value is -3.21. The second-order valence-corrected chi connectivity index (χ2v) is 6.58. The van der Waals surface area contributed by atoms with Gasteiger partial charge in [-0.3, -0.25) is 4.79 Å². The van der Waals surface area contributed by atoms with Crippen molar-refractivity contribution in [2.45, 2.75) is 6.92 Å². The van der Waals surface area contributed by atoms with Crippen LogP contribution in [0.5, 0.6) is 0 Å². The number of carbonyl (C=O) groups excluding carboxylic acids is 1. The molecule has 1 N–H and O–H groups in total. The van der Waals surface area contributed by atoms with Crippen molar-refractivity contribution in [1.82, 2.24) is 9.97 Å². The molecule has 1 aliphatic rings. The fraction of sp³-hybridized carbons (Fsp3) is 0.190. The molecule has 0 spiro atoms. The van der Waals surface area contributed by atoms with Gasteiger partial charge >= 0.3 is 0 Å². The Morgan fingerprint density at radius 3 is 2.50 bits per heavy atom. The SMILES string of the molecule is Cc1ccc(NC(=O)C2CN(c3cc(-c4ccccc4)ncn3)C2)cc1. The number of aryl methyl sites for hydroxylation is 1. The highest BCUT2D eigenvalue weighted by Crippen LogP contribution is 2.26. The van der Waals surface area contributed by atoms with Crippen molar-refractivity contribution in [1.29, 1.82) is 0 Å². The molecule has 0 unspecified atom stereocenters. The van der Waals surface area contributed by atoms with Crippen LogP contribution in [0.25, 0.3) is 11.3 Å². The van der Waals surface area contributed by atoms with Crippen LogP contribution in [0.15, 0.2) is 67.0 Å². The Labute approximate surface area is 152 Å². The third kappa shape index (κ3) is 3.42. The van der Waals surface area contributed by atoms with E-state index in [-0.39, 0.29) is 11.8 Å². The van der Waals surface area contributed by atoms with Gasteiger partial charge in [0.05, 0.1) is 11.6 Å². The number of aromatic nitrogens is 2. The van der Waals surface area contributed by atoms with Crippen LogP contribution in [-0.4, -0.2) is 29.0 Å². The van der Waals surface area contributed by atoms with Crippen molar-refractivity contribution >= 4 is 17.4 Å². The van der Waals surface area contributed by atoms with Crippen LogP contribution in [0.4, 0.5) is 11.5 Å². The Morgan fingerprint density at radius 1 is 1.04 bits per heavy atom. The number of carbonyl (C=O) groups is 1. The number of benzene rings is 2. The standard InChI is InChI=1S/C21H20N4O/c1-15-7-9-18(10-8-15)24-21(26)17-12-25(13-17)20-11-19(22-14-23-20)16-5-3-2-4-6-16/h2-11,14,17H,12-13H2,1H3,(H,24,26). The van der Waals surface area contributed by atoms with Crippen molar-refractivity contribution in [3.63, 3.8) is 0 Å². The molecule has 1 amide bonds. The summed E-state index contributed by atoms with van der Waals surface area (Å²) < 4.78 is 0. The van der Waals surface area contributed by atoms with E-state index >= 15 is 0 Å². The van der Waals surface area contributed by atoms with Gasteiger partial charge in [-0.05, 0) is 19.1 Å². The molecule has 2 heterocycles. The molecular formula is C21H20N4O. The molecule has 5 heteroatoms. The summed E-state index contributed by atoms with van der Waals surface area (Å²) in [5.74, 6) is 0.895. The summed E-state index contributed by atoms with van der Waals surface area (Å²) in [6, 6.07) is 19.9. The first-order valence-electron chi connectivity index (χ1n) is 8.69. The van der Waals surface area contributed by atoms with E-state index in [0.29, 0.717) is 13.1 Å². The molecular weight excluding hydrogens is 324 g/mol. The molecule has 0 atom stereocenters. The first kappa shape index (κ1) is 16.3. The fourth-order valence-corrected chi connectivity index (χ4v) is 3.00. The molecule has 0 aliphatic carbocycles. The molecule has 1 saturated heterocycles. The zero-order chi connectivity index (χ0) is 17.9.